The molecule has 0 radical (unpaired) electrons. The van der Waals surface area contributed by atoms with E-state index in [2.05, 4.69) is 28.7 Å². The predicted octanol–water partition coefficient (Wildman–Crippen LogP) is 2.09. The molecule has 38 heavy (non-hydrogen) atoms. The van der Waals surface area contributed by atoms with Crippen molar-refractivity contribution >= 4 is 5.91 Å². The molecule has 0 saturated carbocycles. The fourth-order valence-corrected chi connectivity index (χ4v) is 5.76. The number of fused-ring (bicyclic) bond motifs is 2. The van der Waals surface area contributed by atoms with Gasteiger partial charge in [0.15, 0.2) is 11.5 Å². The van der Waals surface area contributed by atoms with E-state index in [9.17, 15) is 9.18 Å². The first-order valence-electron chi connectivity index (χ1n) is 13.7. The first-order chi connectivity index (χ1) is 18.5. The van der Waals surface area contributed by atoms with Crippen LogP contribution in [0.1, 0.15) is 18.4 Å². The largest absolute Gasteiger partial charge is 0.454 e. The molecule has 212 valence electrons. The number of carbonyl (C=O) groups is 1. The average molecular weight is 536 g/mol. The molecule has 3 aliphatic rings. The summed E-state index contributed by atoms with van der Waals surface area (Å²) in [6, 6.07) is 3.68. The van der Waals surface area contributed by atoms with Gasteiger partial charge in [-0.2, -0.15) is 0 Å². The topological polar surface area (TPSA) is 81.7 Å². The van der Waals surface area contributed by atoms with E-state index >= 15 is 0 Å². The van der Waals surface area contributed by atoms with E-state index in [1.165, 1.54) is 12.1 Å². The SMILES string of the molecule is C=CC(=O)NCCOCCOCCOCCN1CC[C@@H]2C[C@H](Cc3c(F)ccc4c3OCO4)CN(C)[C@H]2C1. The summed E-state index contributed by atoms with van der Waals surface area (Å²) in [6.45, 7) is 11.2. The Morgan fingerprint density at radius 2 is 1.89 bits per heavy atom. The van der Waals surface area contributed by atoms with Gasteiger partial charge < -0.3 is 33.9 Å². The first kappa shape index (κ1) is 28.8. The fraction of sp³-hybridized carbons (Fsp3) is 0.679. The quantitative estimate of drug-likeness (QED) is 0.270. The molecule has 3 aliphatic heterocycles. The number of halogens is 1. The van der Waals surface area contributed by atoms with E-state index in [1.54, 1.807) is 6.07 Å². The lowest BCUT2D eigenvalue weighted by Crippen LogP contribution is -2.56. The third kappa shape index (κ3) is 8.13. The summed E-state index contributed by atoms with van der Waals surface area (Å²) in [6.07, 6.45) is 4.20. The fourth-order valence-electron chi connectivity index (χ4n) is 5.76. The zero-order valence-corrected chi connectivity index (χ0v) is 22.5. The van der Waals surface area contributed by atoms with Crippen molar-refractivity contribution in [3.8, 4) is 11.5 Å². The summed E-state index contributed by atoms with van der Waals surface area (Å²) in [5, 5.41) is 2.65. The van der Waals surface area contributed by atoms with Crippen LogP contribution in [0.25, 0.3) is 0 Å². The minimum absolute atomic E-state index is 0.169. The molecule has 10 heteroatoms. The second-order valence-electron chi connectivity index (χ2n) is 10.3. The van der Waals surface area contributed by atoms with Crippen LogP contribution in [0.4, 0.5) is 4.39 Å². The van der Waals surface area contributed by atoms with Gasteiger partial charge >= 0.3 is 0 Å². The normalized spacial score (nSPS) is 23.3. The number of rotatable bonds is 15. The number of piperidine rings is 2. The van der Waals surface area contributed by atoms with Gasteiger partial charge in [-0.1, -0.05) is 6.58 Å². The number of hydrogen-bond acceptors (Lipinski definition) is 8. The van der Waals surface area contributed by atoms with Gasteiger partial charge in [-0.25, -0.2) is 4.39 Å². The molecule has 3 heterocycles. The highest BCUT2D eigenvalue weighted by molar-refractivity contribution is 5.86. The summed E-state index contributed by atoms with van der Waals surface area (Å²) >= 11 is 0. The van der Waals surface area contributed by atoms with Gasteiger partial charge in [-0.3, -0.25) is 9.69 Å². The number of hydrogen-bond donors (Lipinski definition) is 1. The second-order valence-corrected chi connectivity index (χ2v) is 10.3. The second kappa shape index (κ2) is 14.8. The van der Waals surface area contributed by atoms with Gasteiger partial charge in [0.25, 0.3) is 0 Å². The maximum absolute atomic E-state index is 14.6. The monoisotopic (exact) mass is 535 g/mol. The van der Waals surface area contributed by atoms with Crippen molar-refractivity contribution in [3.05, 3.63) is 36.2 Å². The number of nitrogens with one attached hydrogen (secondary N) is 1. The lowest BCUT2D eigenvalue weighted by molar-refractivity contribution is -0.116. The molecule has 2 fully saturated rings. The van der Waals surface area contributed by atoms with E-state index in [4.69, 9.17) is 23.7 Å². The Kier molecular flexibility index (Phi) is 11.2. The van der Waals surface area contributed by atoms with Crippen LogP contribution >= 0.6 is 0 Å². The summed E-state index contributed by atoms with van der Waals surface area (Å²) in [5.74, 6) is 1.89. The van der Waals surface area contributed by atoms with E-state index in [0.717, 1.165) is 39.0 Å². The maximum Gasteiger partial charge on any atom is 0.243 e. The third-order valence-electron chi connectivity index (χ3n) is 7.66. The van der Waals surface area contributed by atoms with Gasteiger partial charge in [-0.15, -0.1) is 0 Å². The van der Waals surface area contributed by atoms with Crippen LogP contribution in [0, 0.1) is 17.7 Å². The van der Waals surface area contributed by atoms with Crippen molar-refractivity contribution in [3.63, 3.8) is 0 Å². The Morgan fingerprint density at radius 1 is 1.13 bits per heavy atom. The molecule has 0 spiro atoms. The number of ether oxygens (including phenoxy) is 5. The molecule has 0 aromatic heterocycles. The molecule has 0 aliphatic carbocycles. The number of benzene rings is 1. The van der Waals surface area contributed by atoms with Gasteiger partial charge in [0.1, 0.15) is 5.82 Å². The smallest absolute Gasteiger partial charge is 0.243 e. The van der Waals surface area contributed by atoms with Crippen LogP contribution < -0.4 is 14.8 Å². The number of carbonyl (C=O) groups excluding carboxylic acids is 1. The van der Waals surface area contributed by atoms with E-state index in [-0.39, 0.29) is 18.5 Å². The van der Waals surface area contributed by atoms with Crippen molar-refractivity contribution < 1.29 is 32.9 Å². The molecule has 1 amide bonds. The molecule has 0 bridgehead atoms. The van der Waals surface area contributed by atoms with Crippen LogP contribution in [0.15, 0.2) is 24.8 Å². The standard InChI is InChI=1S/C28H42FN3O6/c1-3-27(33)30-7-10-34-12-14-36-15-13-35-11-9-32-8-6-22-16-21(18-31(2)25(22)19-32)17-23-24(29)4-5-26-28(23)38-20-37-26/h3-5,21-22,25H,1,6-20H2,2H3,(H,30,33)/t21-,22-,25+/m1/s1. The maximum atomic E-state index is 14.6. The lowest BCUT2D eigenvalue weighted by atomic mass is 9.77. The molecule has 1 aromatic carbocycles. The van der Waals surface area contributed by atoms with E-state index in [0.29, 0.717) is 87.5 Å². The van der Waals surface area contributed by atoms with Crippen molar-refractivity contribution in [2.45, 2.75) is 25.3 Å². The number of likely N-dealkylation sites (tertiary alicyclic amines) is 2. The average Bonchev–Trinajstić information content (AvgIpc) is 3.40. The molecule has 4 rings (SSSR count). The molecular weight excluding hydrogens is 493 g/mol. The number of likely N-dealkylation sites (N-methyl/N-ethyl adjacent to an activating group) is 1. The van der Waals surface area contributed by atoms with Crippen molar-refractivity contribution in [2.24, 2.45) is 11.8 Å². The third-order valence-corrected chi connectivity index (χ3v) is 7.66. The van der Waals surface area contributed by atoms with Crippen LogP contribution in [0.2, 0.25) is 0 Å². The Morgan fingerprint density at radius 3 is 2.68 bits per heavy atom. The van der Waals surface area contributed by atoms with E-state index in [1.807, 2.05) is 0 Å². The highest BCUT2D eigenvalue weighted by Crippen LogP contribution is 2.41. The van der Waals surface area contributed by atoms with Gasteiger partial charge in [0.2, 0.25) is 12.7 Å². The van der Waals surface area contributed by atoms with Crippen LogP contribution in [-0.4, -0.2) is 108 Å². The summed E-state index contributed by atoms with van der Waals surface area (Å²) in [7, 11) is 2.20. The highest BCUT2D eigenvalue weighted by Gasteiger charge is 2.38. The molecule has 1 aromatic rings. The molecular formula is C28H42FN3O6. The van der Waals surface area contributed by atoms with Crippen molar-refractivity contribution in [2.75, 3.05) is 86.2 Å². The molecule has 9 nitrogen and oxygen atoms in total. The van der Waals surface area contributed by atoms with Gasteiger partial charge in [-0.05, 0) is 62.9 Å². The zero-order valence-electron chi connectivity index (χ0n) is 22.5. The van der Waals surface area contributed by atoms with E-state index < -0.39 is 0 Å². The van der Waals surface area contributed by atoms with Crippen molar-refractivity contribution in [1.82, 2.24) is 15.1 Å². The lowest BCUT2D eigenvalue weighted by Gasteiger charge is -2.48. The summed E-state index contributed by atoms with van der Waals surface area (Å²) in [5.41, 5.74) is 0.664. The zero-order chi connectivity index (χ0) is 26.7. The number of amides is 1. The van der Waals surface area contributed by atoms with Crippen LogP contribution in [0.5, 0.6) is 11.5 Å². The van der Waals surface area contributed by atoms with Gasteiger partial charge in [0.05, 0.1) is 39.6 Å². The van der Waals surface area contributed by atoms with Crippen molar-refractivity contribution in [1.29, 1.82) is 0 Å². The molecule has 1 N–H and O–H groups in total. The Labute approximate surface area is 225 Å². The first-order valence-corrected chi connectivity index (χ1v) is 13.7. The highest BCUT2D eigenvalue weighted by atomic mass is 19.1. The summed E-state index contributed by atoms with van der Waals surface area (Å²) in [4.78, 5) is 16.0. The summed E-state index contributed by atoms with van der Waals surface area (Å²) < 4.78 is 42.3. The number of nitrogens with zero attached hydrogens (tertiary/aromatic N) is 2. The molecule has 3 atom stereocenters. The van der Waals surface area contributed by atoms with Crippen LogP contribution in [0.3, 0.4) is 0 Å². The Hall–Kier alpha value is -2.24. The predicted molar refractivity (Wildman–Crippen MR) is 141 cm³/mol. The molecule has 2 saturated heterocycles. The van der Waals surface area contributed by atoms with Gasteiger partial charge in [0, 0.05) is 37.8 Å². The minimum Gasteiger partial charge on any atom is -0.454 e. The molecule has 0 unspecified atom stereocenters. The van der Waals surface area contributed by atoms with Crippen LogP contribution in [-0.2, 0) is 25.4 Å². The minimum atomic E-state index is -0.197. The Balaban J connectivity index is 1.06. The Bertz CT molecular complexity index is 919.